The second kappa shape index (κ2) is 6.70. The standard InChI is InChI=1S/C15H24N4O/c1-11(2)10-20-8-6-17-15-14-9-13(12(3)4)18-19(14)7-5-16-15/h5,7,9,11-12H,6,8,10H2,1-4H3,(H,16,17). The van der Waals surface area contributed by atoms with E-state index in [1.807, 2.05) is 10.7 Å². The van der Waals surface area contributed by atoms with Gasteiger partial charge in [-0.1, -0.05) is 27.7 Å². The zero-order valence-electron chi connectivity index (χ0n) is 12.8. The first kappa shape index (κ1) is 14.8. The van der Waals surface area contributed by atoms with Gasteiger partial charge < -0.3 is 10.1 Å². The minimum atomic E-state index is 0.414. The number of fused-ring (bicyclic) bond motifs is 1. The van der Waals surface area contributed by atoms with E-state index in [9.17, 15) is 0 Å². The van der Waals surface area contributed by atoms with Gasteiger partial charge in [0.05, 0.1) is 12.3 Å². The maximum Gasteiger partial charge on any atom is 0.152 e. The van der Waals surface area contributed by atoms with Crippen molar-refractivity contribution < 1.29 is 4.74 Å². The van der Waals surface area contributed by atoms with E-state index in [2.05, 4.69) is 49.2 Å². The molecule has 0 amide bonds. The molecule has 0 atom stereocenters. The van der Waals surface area contributed by atoms with Crippen LogP contribution in [0.15, 0.2) is 18.5 Å². The van der Waals surface area contributed by atoms with E-state index in [-0.39, 0.29) is 0 Å². The third-order valence-electron chi connectivity index (χ3n) is 2.99. The van der Waals surface area contributed by atoms with Gasteiger partial charge >= 0.3 is 0 Å². The fourth-order valence-electron chi connectivity index (χ4n) is 1.92. The van der Waals surface area contributed by atoms with Crippen molar-refractivity contribution in [1.29, 1.82) is 0 Å². The van der Waals surface area contributed by atoms with Crippen LogP contribution in [0.4, 0.5) is 5.82 Å². The molecule has 0 saturated carbocycles. The molecule has 0 spiro atoms. The van der Waals surface area contributed by atoms with E-state index in [4.69, 9.17) is 4.74 Å². The van der Waals surface area contributed by atoms with E-state index < -0.39 is 0 Å². The van der Waals surface area contributed by atoms with Crippen molar-refractivity contribution in [1.82, 2.24) is 14.6 Å². The van der Waals surface area contributed by atoms with Crippen LogP contribution in [-0.4, -0.2) is 34.4 Å². The monoisotopic (exact) mass is 276 g/mol. The summed E-state index contributed by atoms with van der Waals surface area (Å²) in [4.78, 5) is 4.38. The number of anilines is 1. The number of rotatable bonds is 7. The predicted octanol–water partition coefficient (Wildman–Crippen LogP) is 2.94. The zero-order chi connectivity index (χ0) is 14.5. The number of hydrogen-bond donors (Lipinski definition) is 1. The van der Waals surface area contributed by atoms with E-state index in [0.29, 0.717) is 18.4 Å². The number of aromatic nitrogens is 3. The molecule has 0 aliphatic rings. The third-order valence-corrected chi connectivity index (χ3v) is 2.99. The minimum Gasteiger partial charge on any atom is -0.379 e. The Morgan fingerprint density at radius 2 is 2.10 bits per heavy atom. The van der Waals surface area contributed by atoms with Crippen molar-refractivity contribution in [2.45, 2.75) is 33.6 Å². The average Bonchev–Trinajstić information content (AvgIpc) is 2.83. The number of hydrogen-bond acceptors (Lipinski definition) is 4. The Morgan fingerprint density at radius 3 is 2.80 bits per heavy atom. The van der Waals surface area contributed by atoms with E-state index >= 15 is 0 Å². The topological polar surface area (TPSA) is 51.5 Å². The number of nitrogens with zero attached hydrogens (tertiary/aromatic N) is 3. The van der Waals surface area contributed by atoms with Gasteiger partial charge in [0, 0.05) is 25.5 Å². The number of nitrogens with one attached hydrogen (secondary N) is 1. The van der Waals surface area contributed by atoms with Crippen molar-refractivity contribution in [3.05, 3.63) is 24.2 Å². The van der Waals surface area contributed by atoms with Crippen LogP contribution in [0.5, 0.6) is 0 Å². The molecule has 2 rings (SSSR count). The van der Waals surface area contributed by atoms with E-state index in [0.717, 1.165) is 30.2 Å². The van der Waals surface area contributed by atoms with Crippen molar-refractivity contribution in [3.63, 3.8) is 0 Å². The normalized spacial score (nSPS) is 11.7. The zero-order valence-corrected chi connectivity index (χ0v) is 12.8. The van der Waals surface area contributed by atoms with E-state index in [1.54, 1.807) is 6.20 Å². The lowest BCUT2D eigenvalue weighted by Gasteiger charge is -2.09. The van der Waals surface area contributed by atoms with Gasteiger partial charge in [-0.15, -0.1) is 0 Å². The smallest absolute Gasteiger partial charge is 0.152 e. The predicted molar refractivity (Wildman–Crippen MR) is 81.2 cm³/mol. The molecule has 2 aromatic rings. The Balaban J connectivity index is 1.99. The lowest BCUT2D eigenvalue weighted by atomic mass is 10.1. The van der Waals surface area contributed by atoms with Crippen LogP contribution < -0.4 is 5.32 Å². The summed E-state index contributed by atoms with van der Waals surface area (Å²) >= 11 is 0. The van der Waals surface area contributed by atoms with Crippen molar-refractivity contribution in [2.24, 2.45) is 5.92 Å². The molecule has 0 fully saturated rings. The molecule has 0 unspecified atom stereocenters. The highest BCUT2D eigenvalue weighted by Gasteiger charge is 2.09. The molecular formula is C15H24N4O. The summed E-state index contributed by atoms with van der Waals surface area (Å²) in [5.41, 5.74) is 2.09. The van der Waals surface area contributed by atoms with Crippen molar-refractivity contribution in [3.8, 4) is 0 Å². The Labute approximate surface area is 120 Å². The summed E-state index contributed by atoms with van der Waals surface area (Å²) < 4.78 is 7.43. The highest BCUT2D eigenvalue weighted by molar-refractivity contribution is 5.67. The SMILES string of the molecule is CC(C)COCCNc1nccn2nc(C(C)C)cc12. The van der Waals surface area contributed by atoms with Gasteiger partial charge in [0.1, 0.15) is 5.52 Å². The van der Waals surface area contributed by atoms with Gasteiger partial charge in [0.25, 0.3) is 0 Å². The van der Waals surface area contributed by atoms with Gasteiger partial charge in [-0.2, -0.15) is 5.10 Å². The van der Waals surface area contributed by atoms with Crippen LogP contribution in [0.2, 0.25) is 0 Å². The molecule has 0 saturated heterocycles. The van der Waals surface area contributed by atoms with Crippen LogP contribution in [0.3, 0.4) is 0 Å². The Kier molecular flexibility index (Phi) is 4.95. The maximum atomic E-state index is 5.56. The second-order valence-electron chi connectivity index (χ2n) is 5.73. The molecule has 2 heterocycles. The molecule has 5 nitrogen and oxygen atoms in total. The largest absolute Gasteiger partial charge is 0.379 e. The molecule has 0 bridgehead atoms. The average molecular weight is 276 g/mol. The first-order valence-electron chi connectivity index (χ1n) is 7.24. The molecule has 0 aliphatic carbocycles. The van der Waals surface area contributed by atoms with Crippen LogP contribution in [0.25, 0.3) is 5.52 Å². The van der Waals surface area contributed by atoms with Crippen LogP contribution in [-0.2, 0) is 4.74 Å². The molecular weight excluding hydrogens is 252 g/mol. The quantitative estimate of drug-likeness (QED) is 0.790. The van der Waals surface area contributed by atoms with Crippen LogP contribution >= 0.6 is 0 Å². The highest BCUT2D eigenvalue weighted by atomic mass is 16.5. The molecule has 0 radical (unpaired) electrons. The third kappa shape index (κ3) is 3.70. The second-order valence-corrected chi connectivity index (χ2v) is 5.73. The summed E-state index contributed by atoms with van der Waals surface area (Å²) in [6, 6.07) is 2.09. The van der Waals surface area contributed by atoms with Gasteiger partial charge in [0.15, 0.2) is 5.82 Å². The fraction of sp³-hybridized carbons (Fsp3) is 0.600. The highest BCUT2D eigenvalue weighted by Crippen LogP contribution is 2.19. The maximum absolute atomic E-state index is 5.56. The van der Waals surface area contributed by atoms with Gasteiger partial charge in [-0.25, -0.2) is 9.50 Å². The van der Waals surface area contributed by atoms with Gasteiger partial charge in [-0.3, -0.25) is 0 Å². The lowest BCUT2D eigenvalue weighted by molar-refractivity contribution is 0.118. The van der Waals surface area contributed by atoms with Gasteiger partial charge in [-0.05, 0) is 17.9 Å². The molecule has 1 N–H and O–H groups in total. The molecule has 2 aromatic heterocycles. The van der Waals surface area contributed by atoms with Crippen molar-refractivity contribution >= 4 is 11.3 Å². The summed E-state index contributed by atoms with van der Waals surface area (Å²) in [5.74, 6) is 1.84. The van der Waals surface area contributed by atoms with Crippen molar-refractivity contribution in [2.75, 3.05) is 25.1 Å². The Bertz CT molecular complexity index is 548. The summed E-state index contributed by atoms with van der Waals surface area (Å²) in [7, 11) is 0. The summed E-state index contributed by atoms with van der Waals surface area (Å²) in [6.45, 7) is 10.8. The first-order chi connectivity index (χ1) is 9.58. The van der Waals surface area contributed by atoms with Crippen LogP contribution in [0.1, 0.15) is 39.3 Å². The molecule has 110 valence electrons. The fourth-order valence-corrected chi connectivity index (χ4v) is 1.92. The Morgan fingerprint density at radius 1 is 1.30 bits per heavy atom. The molecule has 0 aromatic carbocycles. The Hall–Kier alpha value is -1.62. The molecule has 0 aliphatic heterocycles. The molecule has 20 heavy (non-hydrogen) atoms. The van der Waals surface area contributed by atoms with Gasteiger partial charge in [0.2, 0.25) is 0 Å². The summed E-state index contributed by atoms with van der Waals surface area (Å²) in [6.07, 6.45) is 3.64. The van der Waals surface area contributed by atoms with E-state index in [1.165, 1.54) is 0 Å². The lowest BCUT2D eigenvalue weighted by Crippen LogP contribution is -2.13. The summed E-state index contributed by atoms with van der Waals surface area (Å²) in [5, 5.41) is 7.86. The molecule has 5 heteroatoms. The van der Waals surface area contributed by atoms with Crippen LogP contribution in [0, 0.1) is 5.92 Å². The minimum absolute atomic E-state index is 0.414. The number of ether oxygens (including phenoxy) is 1. The first-order valence-corrected chi connectivity index (χ1v) is 7.24.